The van der Waals surface area contributed by atoms with Crippen LogP contribution >= 0.6 is 0 Å². The molecular weight excluding hydrogens is 735 g/mol. The molecule has 26 heteroatoms. The molecule has 0 aliphatic rings. The summed E-state index contributed by atoms with van der Waals surface area (Å²) < 4.78 is 0. The van der Waals surface area contributed by atoms with Crippen molar-refractivity contribution in [3.05, 3.63) is 0 Å². The van der Waals surface area contributed by atoms with E-state index < -0.39 is 36.9 Å². The molecule has 0 aromatic rings. The molecule has 0 rings (SSSR count). The fourth-order valence-electron chi connectivity index (χ4n) is 0. The first-order valence-corrected chi connectivity index (χ1v) is 4.79. The summed E-state index contributed by atoms with van der Waals surface area (Å²) >= 11 is 0. The maximum atomic E-state index is 8.83. The van der Waals surface area contributed by atoms with Crippen LogP contribution in [0.1, 0.15) is 0 Å². The van der Waals surface area contributed by atoms with Crippen LogP contribution in [0, 0.1) is 77.3 Å². The molecule has 32 heavy (non-hydrogen) atoms. The van der Waals surface area contributed by atoms with Gasteiger partial charge in [0.15, 0.2) is 0 Å². The van der Waals surface area contributed by atoms with Gasteiger partial charge in [0.1, 0.15) is 0 Å². The Hall–Kier alpha value is -2.05. The van der Waals surface area contributed by atoms with E-state index in [1.54, 1.807) is 0 Å². The molecule has 0 aromatic carbocycles. The molecule has 0 spiro atoms. The maximum Gasteiger partial charge on any atom is 3.00 e. The van der Waals surface area contributed by atoms with E-state index in [4.69, 9.17) is 90.9 Å². The molecule has 0 aliphatic heterocycles. The number of hydrogen-bond donors (Lipinski definition) is 6. The molecular formula is C6H6CeLaO24. The van der Waals surface area contributed by atoms with Crippen molar-refractivity contribution in [2.45, 2.75) is 0 Å². The van der Waals surface area contributed by atoms with Gasteiger partial charge in [0, 0.05) is 0 Å². The number of hydrogen-bond acceptors (Lipinski definition) is 18. The van der Waals surface area contributed by atoms with Gasteiger partial charge in [0.25, 0.3) is 0 Å². The molecule has 0 atom stereocenters. The van der Waals surface area contributed by atoms with Crippen molar-refractivity contribution in [3.63, 3.8) is 0 Å². The normalized spacial score (nSPS) is 6.19. The Kier molecular flexibility index (Phi) is 76.4. The summed E-state index contributed by atoms with van der Waals surface area (Å²) in [6, 6.07) is 0. The molecule has 1 radical (unpaired) electrons. The van der Waals surface area contributed by atoms with Gasteiger partial charge in [-0.15, -0.1) is 0 Å². The minimum Gasteiger partial charge on any atom is -0.659 e. The van der Waals surface area contributed by atoms with Crippen molar-refractivity contribution in [2.75, 3.05) is 0 Å². The Morgan fingerprint density at radius 2 is 0.406 bits per heavy atom. The third-order valence-electron chi connectivity index (χ3n) is 0.428. The predicted molar refractivity (Wildman–Crippen MR) is 54.7 cm³/mol. The minimum atomic E-state index is -1.80. The van der Waals surface area contributed by atoms with E-state index in [0.29, 0.717) is 0 Å². The zero-order valence-electron chi connectivity index (χ0n) is 14.1. The van der Waals surface area contributed by atoms with Crippen LogP contribution in [0.5, 0.6) is 0 Å². The third kappa shape index (κ3) is 205. The largest absolute Gasteiger partial charge is 3.00 e. The SMILES string of the molecule is O=C(O)O[O-].O=C(O)O[O-].O=C(O)O[O-].O=C(O)O[O-].O=C(O)O[O-].O=C(O)O[O-].[Ce+3].[La+3]. The molecule has 0 unspecified atom stereocenters. The van der Waals surface area contributed by atoms with E-state index >= 15 is 0 Å². The summed E-state index contributed by atoms with van der Waals surface area (Å²) in [5.74, 6) is 0. The van der Waals surface area contributed by atoms with Crippen molar-refractivity contribution in [1.82, 2.24) is 0 Å². The molecule has 0 aromatic heterocycles. The fourth-order valence-corrected chi connectivity index (χ4v) is 0. The third-order valence-corrected chi connectivity index (χ3v) is 0.428. The second-order valence-electron chi connectivity index (χ2n) is 2.10. The van der Waals surface area contributed by atoms with Crippen molar-refractivity contribution in [1.29, 1.82) is 0 Å². The minimum absolute atomic E-state index is 0. The van der Waals surface area contributed by atoms with Crippen molar-refractivity contribution < 1.29 is 198 Å². The van der Waals surface area contributed by atoms with Crippen LogP contribution in [0.3, 0.4) is 0 Å². The van der Waals surface area contributed by atoms with Gasteiger partial charge in [0.2, 0.25) is 0 Å². The summed E-state index contributed by atoms with van der Waals surface area (Å²) in [5, 5.41) is 94.3. The summed E-state index contributed by atoms with van der Waals surface area (Å²) in [7, 11) is 0. The molecule has 0 bridgehead atoms. The maximum absolute atomic E-state index is 8.83. The van der Waals surface area contributed by atoms with Crippen LogP contribution < -0.4 is 31.5 Å². The first-order chi connectivity index (χ1) is 13.6. The molecule has 181 valence electrons. The topological polar surface area (TPSA) is 418 Å². The fraction of sp³-hybridized carbons (Fsp3) is 0. The van der Waals surface area contributed by atoms with Gasteiger partial charge in [-0.25, -0.2) is 28.8 Å². The first-order valence-electron chi connectivity index (χ1n) is 4.79. The van der Waals surface area contributed by atoms with Crippen LogP contribution in [0.2, 0.25) is 0 Å². The first kappa shape index (κ1) is 52.1. The van der Waals surface area contributed by atoms with E-state index in [2.05, 4.69) is 29.3 Å². The molecule has 0 heterocycles. The van der Waals surface area contributed by atoms with Gasteiger partial charge >= 0.3 is 114 Å². The number of carboxylic acid groups (broad SMARTS) is 6. The van der Waals surface area contributed by atoms with E-state index in [-0.39, 0.29) is 77.3 Å². The second kappa shape index (κ2) is 46.9. The average Bonchev–Trinajstić information content (AvgIpc) is 2.69. The zero-order valence-corrected chi connectivity index (χ0v) is 20.9. The monoisotopic (exact) mass is 741 g/mol. The summed E-state index contributed by atoms with van der Waals surface area (Å²) in [5.41, 5.74) is 0. The Labute approximate surface area is 232 Å². The van der Waals surface area contributed by atoms with Crippen molar-refractivity contribution in [2.24, 2.45) is 0 Å². The van der Waals surface area contributed by atoms with Gasteiger partial charge in [-0.05, 0) is 0 Å². The zero-order chi connectivity index (χ0) is 25.7. The number of rotatable bonds is 0. The smallest absolute Gasteiger partial charge is 0.659 e. The Balaban J connectivity index is -0.0000000356. The van der Waals surface area contributed by atoms with E-state index in [1.807, 2.05) is 0 Å². The van der Waals surface area contributed by atoms with E-state index in [1.165, 1.54) is 0 Å². The van der Waals surface area contributed by atoms with Gasteiger partial charge < -0.3 is 91.5 Å². The molecule has 0 amide bonds. The van der Waals surface area contributed by atoms with Crippen molar-refractivity contribution in [3.8, 4) is 0 Å². The van der Waals surface area contributed by atoms with Crippen LogP contribution in [0.15, 0.2) is 0 Å². The van der Waals surface area contributed by atoms with E-state index in [9.17, 15) is 0 Å². The summed E-state index contributed by atoms with van der Waals surface area (Å²) in [6.07, 6.45) is -10.8. The molecule has 6 N–H and O–H groups in total. The predicted octanol–water partition coefficient (Wildman–Crippen LogP) is -6.26. The van der Waals surface area contributed by atoms with Crippen LogP contribution in [0.4, 0.5) is 28.8 Å². The quantitative estimate of drug-likeness (QED) is 0.0993. The molecule has 0 fully saturated rings. The summed E-state index contributed by atoms with van der Waals surface area (Å²) in [4.78, 5) is 67.5. The Morgan fingerprint density at radius 1 is 0.375 bits per heavy atom. The van der Waals surface area contributed by atoms with Gasteiger partial charge in [-0.1, -0.05) is 0 Å². The summed E-state index contributed by atoms with van der Waals surface area (Å²) in [6.45, 7) is 0. The molecule has 0 aliphatic carbocycles. The van der Waals surface area contributed by atoms with Gasteiger partial charge in [-0.2, -0.15) is 0 Å². The average molecular weight is 741 g/mol. The molecule has 0 saturated heterocycles. The Morgan fingerprint density at radius 3 is 0.406 bits per heavy atom. The standard InChI is InChI=1S/6CH2O4.Ce.La/c6*2-1(3)5-4;;/h6*4H,(H,2,3);;/q;;;;;;2*+3/p-6. The van der Waals surface area contributed by atoms with Gasteiger partial charge in [0.05, 0.1) is 0 Å². The molecule has 0 saturated carbocycles. The van der Waals surface area contributed by atoms with Crippen molar-refractivity contribution >= 4 is 36.9 Å². The number of carbonyl (C=O) groups is 6. The van der Waals surface area contributed by atoms with Crippen LogP contribution in [0.25, 0.3) is 0 Å². The second-order valence-corrected chi connectivity index (χ2v) is 2.10. The van der Waals surface area contributed by atoms with Gasteiger partial charge in [-0.3, -0.25) is 0 Å². The Bertz CT molecular complexity index is 355. The van der Waals surface area contributed by atoms with E-state index in [0.717, 1.165) is 0 Å². The van der Waals surface area contributed by atoms with Crippen LogP contribution in [-0.4, -0.2) is 67.6 Å². The molecule has 24 nitrogen and oxygen atoms in total. The van der Waals surface area contributed by atoms with Crippen LogP contribution in [-0.2, 0) is 29.3 Å².